The van der Waals surface area contributed by atoms with Crippen molar-refractivity contribution in [1.82, 2.24) is 14.5 Å². The summed E-state index contributed by atoms with van der Waals surface area (Å²) in [4.78, 5) is 9.81. The van der Waals surface area contributed by atoms with Gasteiger partial charge in [-0.1, -0.05) is 66.7 Å². The number of aromatic nitrogens is 3. The van der Waals surface area contributed by atoms with Gasteiger partial charge in [0.1, 0.15) is 17.0 Å². The SMILES string of the molecule is N#Cc1cc(C#N)c(-c2c(-c3c(C#N)cc(C#N)cc3C#N)c(-c3ccccc3)c3c(oc4ccccc43)c2-c2cnc(-n3c4ccccc4c4cc(F)ccc43)nc2)c(C#N)c1. The van der Waals surface area contributed by atoms with Crippen molar-refractivity contribution in [3.05, 3.63) is 173 Å². The maximum Gasteiger partial charge on any atom is 0.234 e. The van der Waals surface area contributed by atoms with E-state index in [0.29, 0.717) is 60.7 Å². The number of rotatable bonds is 5. The lowest BCUT2D eigenvalue weighted by molar-refractivity contribution is 0.629. The van der Waals surface area contributed by atoms with E-state index < -0.39 is 5.82 Å². The van der Waals surface area contributed by atoms with Gasteiger partial charge in [-0.15, -0.1) is 0 Å². The first-order valence-electron chi connectivity index (χ1n) is 19.3. The minimum Gasteiger partial charge on any atom is -0.455 e. The molecule has 0 spiro atoms. The third-order valence-electron chi connectivity index (χ3n) is 11.2. The second kappa shape index (κ2) is 14.7. The zero-order chi connectivity index (χ0) is 43.4. The van der Waals surface area contributed by atoms with Crippen LogP contribution < -0.4 is 0 Å². The molecule has 288 valence electrons. The van der Waals surface area contributed by atoms with Crippen LogP contribution >= 0.6 is 0 Å². The molecule has 63 heavy (non-hydrogen) atoms. The second-order valence-electron chi connectivity index (χ2n) is 14.5. The van der Waals surface area contributed by atoms with Crippen LogP contribution in [0.25, 0.3) is 94.2 Å². The highest BCUT2D eigenvalue weighted by molar-refractivity contribution is 6.25. The van der Waals surface area contributed by atoms with E-state index in [-0.39, 0.29) is 56.0 Å². The van der Waals surface area contributed by atoms with Crippen LogP contribution in [0, 0.1) is 73.8 Å². The van der Waals surface area contributed by atoms with Crippen molar-refractivity contribution in [2.24, 2.45) is 0 Å². The number of hydrogen-bond acceptors (Lipinski definition) is 9. The van der Waals surface area contributed by atoms with Crippen LogP contribution in [0.15, 0.2) is 138 Å². The molecular formula is C52H22FN9O. The molecule has 7 aromatic carbocycles. The van der Waals surface area contributed by atoms with Gasteiger partial charge in [0.05, 0.1) is 80.8 Å². The van der Waals surface area contributed by atoms with Gasteiger partial charge >= 0.3 is 0 Å². The molecule has 0 atom stereocenters. The van der Waals surface area contributed by atoms with Crippen LogP contribution in [0.4, 0.5) is 4.39 Å². The number of hydrogen-bond donors (Lipinski definition) is 0. The van der Waals surface area contributed by atoms with Crippen LogP contribution in [0.5, 0.6) is 0 Å². The molecule has 3 heterocycles. The van der Waals surface area contributed by atoms with Gasteiger partial charge in [-0.25, -0.2) is 14.4 Å². The van der Waals surface area contributed by atoms with Gasteiger partial charge in [-0.2, -0.15) is 31.6 Å². The highest BCUT2D eigenvalue weighted by atomic mass is 19.1. The lowest BCUT2D eigenvalue weighted by Gasteiger charge is -2.24. The largest absolute Gasteiger partial charge is 0.455 e. The van der Waals surface area contributed by atoms with Crippen LogP contribution in [-0.4, -0.2) is 14.5 Å². The average Bonchev–Trinajstić information content (AvgIpc) is 3.88. The first-order chi connectivity index (χ1) is 30.9. The fraction of sp³-hybridized carbons (Fsp3) is 0. The topological polar surface area (TPSA) is 187 Å². The number of benzene rings is 7. The average molecular weight is 808 g/mol. The van der Waals surface area contributed by atoms with E-state index in [0.717, 1.165) is 10.9 Å². The van der Waals surface area contributed by atoms with E-state index in [2.05, 4.69) is 30.3 Å². The summed E-state index contributed by atoms with van der Waals surface area (Å²) in [5.41, 5.74) is 4.88. The molecule has 0 amide bonds. The van der Waals surface area contributed by atoms with Gasteiger partial charge in [0.2, 0.25) is 5.95 Å². The van der Waals surface area contributed by atoms with Crippen molar-refractivity contribution in [2.45, 2.75) is 0 Å². The normalized spacial score (nSPS) is 10.8. The highest BCUT2D eigenvalue weighted by Crippen LogP contribution is 2.55. The highest BCUT2D eigenvalue weighted by Gasteiger charge is 2.33. The summed E-state index contributed by atoms with van der Waals surface area (Å²) >= 11 is 0. The number of nitriles is 6. The quantitative estimate of drug-likeness (QED) is 0.163. The Morgan fingerprint density at radius 3 is 1.57 bits per heavy atom. The number of para-hydroxylation sites is 2. The summed E-state index contributed by atoms with van der Waals surface area (Å²) in [7, 11) is 0. The molecule has 10 nitrogen and oxygen atoms in total. The Morgan fingerprint density at radius 1 is 0.460 bits per heavy atom. The zero-order valence-electron chi connectivity index (χ0n) is 32.5. The Kier molecular flexibility index (Phi) is 8.73. The lowest BCUT2D eigenvalue weighted by atomic mass is 9.76. The van der Waals surface area contributed by atoms with Gasteiger partial charge < -0.3 is 4.42 Å². The molecule has 3 aromatic heterocycles. The fourth-order valence-corrected chi connectivity index (χ4v) is 8.66. The van der Waals surface area contributed by atoms with Gasteiger partial charge in [-0.05, 0) is 60.2 Å². The number of furan rings is 1. The molecule has 0 aliphatic carbocycles. The van der Waals surface area contributed by atoms with Crippen LogP contribution in [0.2, 0.25) is 0 Å². The first-order valence-corrected chi connectivity index (χ1v) is 19.3. The van der Waals surface area contributed by atoms with E-state index in [1.165, 1.54) is 36.4 Å². The molecular weight excluding hydrogens is 786 g/mol. The van der Waals surface area contributed by atoms with Crippen molar-refractivity contribution in [3.63, 3.8) is 0 Å². The number of fused-ring (bicyclic) bond motifs is 6. The van der Waals surface area contributed by atoms with Crippen molar-refractivity contribution in [2.75, 3.05) is 0 Å². The summed E-state index contributed by atoms with van der Waals surface area (Å²) in [5, 5.41) is 66.3. The Bertz CT molecular complexity index is 3810. The van der Waals surface area contributed by atoms with E-state index in [9.17, 15) is 36.0 Å². The third-order valence-corrected chi connectivity index (χ3v) is 11.2. The molecule has 10 rings (SSSR count). The zero-order valence-corrected chi connectivity index (χ0v) is 32.5. The number of halogens is 1. The van der Waals surface area contributed by atoms with Crippen molar-refractivity contribution in [3.8, 4) is 86.9 Å². The summed E-state index contributed by atoms with van der Waals surface area (Å²) in [6.45, 7) is 0. The summed E-state index contributed by atoms with van der Waals surface area (Å²) in [5.74, 6) is -0.129. The monoisotopic (exact) mass is 807 g/mol. The van der Waals surface area contributed by atoms with E-state index in [1.54, 1.807) is 18.5 Å². The van der Waals surface area contributed by atoms with Gasteiger partial charge in [0, 0.05) is 72.9 Å². The molecule has 0 aliphatic rings. The Morgan fingerprint density at radius 2 is 0.984 bits per heavy atom. The molecule has 11 heteroatoms. The Hall–Kier alpha value is -9.91. The Balaban J connectivity index is 1.44. The summed E-state index contributed by atoms with van der Waals surface area (Å²) in [6.07, 6.45) is 3.17. The number of nitrogens with zero attached hydrogens (tertiary/aromatic N) is 9. The maximum atomic E-state index is 14.6. The standard InChI is InChI=1S/C52H22FN9O/c53-37-14-15-42-40(20-37)38-10-4-6-12-41(38)62(42)52-60-27-36(28-61-52)47-50(45-34(25-58)18-30(22-55)19-35(45)26-59)49(44-32(23-56)16-29(21-54)17-33(44)24-57)46(31-8-2-1-3-9-31)48-39-11-5-7-13-43(39)63-51(47)48/h1-20,27-28H. The lowest BCUT2D eigenvalue weighted by Crippen LogP contribution is -2.04. The molecule has 0 radical (unpaired) electrons. The molecule has 0 bridgehead atoms. The second-order valence-corrected chi connectivity index (χ2v) is 14.5. The van der Waals surface area contributed by atoms with E-state index >= 15 is 0 Å². The van der Waals surface area contributed by atoms with Crippen LogP contribution in [-0.2, 0) is 0 Å². The van der Waals surface area contributed by atoms with Crippen LogP contribution in [0.3, 0.4) is 0 Å². The maximum absolute atomic E-state index is 14.6. The van der Waals surface area contributed by atoms with Crippen molar-refractivity contribution < 1.29 is 8.81 Å². The predicted octanol–water partition coefficient (Wildman–Crippen LogP) is 11.5. The van der Waals surface area contributed by atoms with Gasteiger partial charge in [0.15, 0.2) is 0 Å². The van der Waals surface area contributed by atoms with Gasteiger partial charge in [0.25, 0.3) is 0 Å². The third kappa shape index (κ3) is 5.73. The summed E-state index contributed by atoms with van der Waals surface area (Å²) in [6, 6.07) is 47.2. The molecule has 0 saturated carbocycles. The Labute approximate surface area is 357 Å². The molecule has 0 N–H and O–H groups in total. The smallest absolute Gasteiger partial charge is 0.234 e. The molecule has 0 unspecified atom stereocenters. The molecule has 10 aromatic rings. The minimum absolute atomic E-state index is 0.0119. The predicted molar refractivity (Wildman–Crippen MR) is 234 cm³/mol. The minimum atomic E-state index is -0.392. The fourth-order valence-electron chi connectivity index (χ4n) is 8.66. The molecule has 0 fully saturated rings. The van der Waals surface area contributed by atoms with Crippen molar-refractivity contribution in [1.29, 1.82) is 31.6 Å². The van der Waals surface area contributed by atoms with Gasteiger partial charge in [-0.3, -0.25) is 4.57 Å². The molecule has 0 saturated heterocycles. The molecule has 0 aliphatic heterocycles. The van der Waals surface area contributed by atoms with Crippen LogP contribution in [0.1, 0.15) is 33.4 Å². The van der Waals surface area contributed by atoms with E-state index in [1.807, 2.05) is 89.5 Å². The summed E-state index contributed by atoms with van der Waals surface area (Å²) < 4.78 is 23.3. The van der Waals surface area contributed by atoms with E-state index in [4.69, 9.17) is 14.4 Å². The van der Waals surface area contributed by atoms with Crippen molar-refractivity contribution >= 4 is 43.7 Å². The first kappa shape index (κ1) is 37.4.